The van der Waals surface area contributed by atoms with Gasteiger partial charge in [0.25, 0.3) is 0 Å². The van der Waals surface area contributed by atoms with E-state index < -0.39 is 0 Å². The molecular weight excluding hydrogens is 234 g/mol. The summed E-state index contributed by atoms with van der Waals surface area (Å²) in [7, 11) is 0. The maximum atomic E-state index is 12.1. The standard InChI is InChI=1S/C14H12ClNO/c1-10-5-6-16-9-13(10)14(17)8-11-3-2-4-12(15)7-11/h2-7,9H,8H2,1H3. The Bertz CT molecular complexity index is 551. The number of benzene rings is 1. The molecule has 2 rings (SSSR count). The van der Waals surface area contributed by atoms with Crippen molar-refractivity contribution in [3.63, 3.8) is 0 Å². The summed E-state index contributed by atoms with van der Waals surface area (Å²) < 4.78 is 0. The molecule has 0 aliphatic rings. The number of pyridine rings is 1. The maximum Gasteiger partial charge on any atom is 0.169 e. The van der Waals surface area contributed by atoms with Crippen molar-refractivity contribution in [3.8, 4) is 0 Å². The van der Waals surface area contributed by atoms with Crippen LogP contribution in [0.4, 0.5) is 0 Å². The first kappa shape index (κ1) is 11.8. The van der Waals surface area contributed by atoms with E-state index in [-0.39, 0.29) is 5.78 Å². The highest BCUT2D eigenvalue weighted by Gasteiger charge is 2.09. The molecule has 0 unspecified atom stereocenters. The summed E-state index contributed by atoms with van der Waals surface area (Å²) in [5.41, 5.74) is 2.55. The van der Waals surface area contributed by atoms with E-state index in [0.29, 0.717) is 17.0 Å². The zero-order valence-corrected chi connectivity index (χ0v) is 10.2. The number of carbonyl (C=O) groups is 1. The van der Waals surface area contributed by atoms with Gasteiger partial charge in [0.05, 0.1) is 0 Å². The van der Waals surface area contributed by atoms with Crippen LogP contribution in [0.3, 0.4) is 0 Å². The number of carbonyl (C=O) groups excluding carboxylic acids is 1. The summed E-state index contributed by atoms with van der Waals surface area (Å²) in [5, 5.41) is 0.651. The van der Waals surface area contributed by atoms with E-state index in [9.17, 15) is 4.79 Å². The van der Waals surface area contributed by atoms with Gasteiger partial charge in [0.1, 0.15) is 0 Å². The molecule has 0 N–H and O–H groups in total. The SMILES string of the molecule is Cc1ccncc1C(=O)Cc1cccc(Cl)c1. The molecule has 1 aromatic carbocycles. The molecular formula is C14H12ClNO. The van der Waals surface area contributed by atoms with Crippen LogP contribution in [0.15, 0.2) is 42.7 Å². The van der Waals surface area contributed by atoms with E-state index in [0.717, 1.165) is 11.1 Å². The first-order valence-corrected chi connectivity index (χ1v) is 5.73. The first-order chi connectivity index (χ1) is 8.16. The van der Waals surface area contributed by atoms with E-state index in [1.807, 2.05) is 31.2 Å². The number of nitrogens with zero attached hydrogens (tertiary/aromatic N) is 1. The van der Waals surface area contributed by atoms with Crippen molar-refractivity contribution in [1.29, 1.82) is 0 Å². The number of ketones is 1. The number of aryl methyl sites for hydroxylation is 1. The minimum Gasteiger partial charge on any atom is -0.294 e. The molecule has 17 heavy (non-hydrogen) atoms. The lowest BCUT2D eigenvalue weighted by molar-refractivity contribution is 0.0992. The molecule has 86 valence electrons. The molecule has 0 radical (unpaired) electrons. The highest BCUT2D eigenvalue weighted by Crippen LogP contribution is 2.14. The van der Waals surface area contributed by atoms with Gasteiger partial charge in [0, 0.05) is 29.4 Å². The van der Waals surface area contributed by atoms with Crippen LogP contribution in [0.25, 0.3) is 0 Å². The zero-order valence-electron chi connectivity index (χ0n) is 9.48. The van der Waals surface area contributed by atoms with Gasteiger partial charge in [-0.25, -0.2) is 0 Å². The fourth-order valence-electron chi connectivity index (χ4n) is 1.68. The maximum absolute atomic E-state index is 12.1. The Hall–Kier alpha value is -1.67. The lowest BCUT2D eigenvalue weighted by atomic mass is 10.0. The Kier molecular flexibility index (Phi) is 3.55. The predicted octanol–water partition coefficient (Wildman–Crippen LogP) is 3.47. The lowest BCUT2D eigenvalue weighted by Gasteiger charge is -2.04. The van der Waals surface area contributed by atoms with Crippen molar-refractivity contribution in [2.45, 2.75) is 13.3 Å². The summed E-state index contributed by atoms with van der Waals surface area (Å²) in [6, 6.07) is 9.19. The van der Waals surface area contributed by atoms with Gasteiger partial charge in [0.15, 0.2) is 5.78 Å². The van der Waals surface area contributed by atoms with Crippen LogP contribution in [0.2, 0.25) is 5.02 Å². The summed E-state index contributed by atoms with van der Waals surface area (Å²) in [6.45, 7) is 1.91. The second kappa shape index (κ2) is 5.11. The number of halogens is 1. The molecule has 1 heterocycles. The molecule has 2 nitrogen and oxygen atoms in total. The topological polar surface area (TPSA) is 30.0 Å². The Morgan fingerprint density at radius 3 is 2.88 bits per heavy atom. The molecule has 0 spiro atoms. The van der Waals surface area contributed by atoms with Gasteiger partial charge in [-0.05, 0) is 36.2 Å². The number of Topliss-reactive ketones (excluding diaryl/α,β-unsaturated/α-hetero) is 1. The second-order valence-corrected chi connectivity index (χ2v) is 4.36. The molecule has 0 amide bonds. The Morgan fingerprint density at radius 1 is 1.35 bits per heavy atom. The third kappa shape index (κ3) is 2.92. The van der Waals surface area contributed by atoms with Crippen molar-refractivity contribution in [2.24, 2.45) is 0 Å². The second-order valence-electron chi connectivity index (χ2n) is 3.92. The Balaban J connectivity index is 2.20. The first-order valence-electron chi connectivity index (χ1n) is 5.35. The quantitative estimate of drug-likeness (QED) is 0.775. The van der Waals surface area contributed by atoms with Gasteiger partial charge in [-0.1, -0.05) is 23.7 Å². The Labute approximate surface area is 105 Å². The highest BCUT2D eigenvalue weighted by molar-refractivity contribution is 6.30. The number of aromatic nitrogens is 1. The Morgan fingerprint density at radius 2 is 2.18 bits per heavy atom. The smallest absolute Gasteiger partial charge is 0.169 e. The summed E-state index contributed by atoms with van der Waals surface area (Å²) >= 11 is 5.88. The minimum absolute atomic E-state index is 0.0675. The number of hydrogen-bond donors (Lipinski definition) is 0. The minimum atomic E-state index is 0.0675. The van der Waals surface area contributed by atoms with Crippen LogP contribution < -0.4 is 0 Å². The molecule has 1 aromatic heterocycles. The van der Waals surface area contributed by atoms with E-state index in [2.05, 4.69) is 4.98 Å². The third-order valence-corrected chi connectivity index (χ3v) is 2.83. The van der Waals surface area contributed by atoms with E-state index in [1.165, 1.54) is 0 Å². The van der Waals surface area contributed by atoms with E-state index in [4.69, 9.17) is 11.6 Å². The van der Waals surface area contributed by atoms with Crippen LogP contribution >= 0.6 is 11.6 Å². The number of rotatable bonds is 3. The molecule has 0 saturated carbocycles. The summed E-state index contributed by atoms with van der Waals surface area (Å²) in [5.74, 6) is 0.0675. The van der Waals surface area contributed by atoms with Crippen molar-refractivity contribution >= 4 is 17.4 Å². The molecule has 2 aromatic rings. The third-order valence-electron chi connectivity index (χ3n) is 2.59. The van der Waals surface area contributed by atoms with E-state index >= 15 is 0 Å². The zero-order chi connectivity index (χ0) is 12.3. The largest absolute Gasteiger partial charge is 0.294 e. The normalized spacial score (nSPS) is 10.2. The van der Waals surface area contributed by atoms with Crippen LogP contribution in [0, 0.1) is 6.92 Å². The van der Waals surface area contributed by atoms with Crippen LogP contribution in [-0.2, 0) is 6.42 Å². The van der Waals surface area contributed by atoms with Gasteiger partial charge in [-0.15, -0.1) is 0 Å². The average molecular weight is 246 g/mol. The van der Waals surface area contributed by atoms with Gasteiger partial charge < -0.3 is 0 Å². The van der Waals surface area contributed by atoms with E-state index in [1.54, 1.807) is 18.5 Å². The number of hydrogen-bond acceptors (Lipinski definition) is 2. The van der Waals surface area contributed by atoms with Crippen molar-refractivity contribution < 1.29 is 4.79 Å². The van der Waals surface area contributed by atoms with Crippen molar-refractivity contribution in [3.05, 3.63) is 64.4 Å². The van der Waals surface area contributed by atoms with Crippen LogP contribution in [0.1, 0.15) is 21.5 Å². The lowest BCUT2D eigenvalue weighted by Crippen LogP contribution is -2.06. The fraction of sp³-hybridized carbons (Fsp3) is 0.143. The molecule has 0 saturated heterocycles. The van der Waals surface area contributed by atoms with Gasteiger partial charge in [-0.2, -0.15) is 0 Å². The summed E-state index contributed by atoms with van der Waals surface area (Å²) in [4.78, 5) is 16.0. The van der Waals surface area contributed by atoms with Gasteiger partial charge in [-0.3, -0.25) is 9.78 Å². The monoisotopic (exact) mass is 245 g/mol. The molecule has 0 bridgehead atoms. The predicted molar refractivity (Wildman–Crippen MR) is 68.5 cm³/mol. The van der Waals surface area contributed by atoms with Gasteiger partial charge in [0.2, 0.25) is 0 Å². The van der Waals surface area contributed by atoms with Gasteiger partial charge >= 0.3 is 0 Å². The fourth-order valence-corrected chi connectivity index (χ4v) is 1.90. The average Bonchev–Trinajstić information content (AvgIpc) is 2.29. The van der Waals surface area contributed by atoms with Crippen molar-refractivity contribution in [1.82, 2.24) is 4.98 Å². The molecule has 0 aliphatic carbocycles. The van der Waals surface area contributed by atoms with Crippen LogP contribution in [-0.4, -0.2) is 10.8 Å². The highest BCUT2D eigenvalue weighted by atomic mass is 35.5. The molecule has 0 atom stereocenters. The van der Waals surface area contributed by atoms with Crippen LogP contribution in [0.5, 0.6) is 0 Å². The molecule has 0 aliphatic heterocycles. The summed E-state index contributed by atoms with van der Waals surface area (Å²) in [6.07, 6.45) is 3.65. The molecule has 0 fully saturated rings. The van der Waals surface area contributed by atoms with Crippen molar-refractivity contribution in [2.75, 3.05) is 0 Å². The molecule has 3 heteroatoms.